The third-order valence-corrected chi connectivity index (χ3v) is 5.24. The lowest BCUT2D eigenvalue weighted by molar-refractivity contribution is 0.234. The molecule has 0 saturated heterocycles. The molecule has 1 aromatic heterocycles. The van der Waals surface area contributed by atoms with Crippen LogP contribution in [-0.4, -0.2) is 35.6 Å². The molecular weight excluding hydrogens is 368 g/mol. The zero-order chi connectivity index (χ0) is 20.4. The fourth-order valence-electron chi connectivity index (χ4n) is 3.70. The summed E-state index contributed by atoms with van der Waals surface area (Å²) in [6.45, 7) is 1.96. The molecule has 1 aliphatic heterocycles. The van der Waals surface area contributed by atoms with Gasteiger partial charge in [-0.15, -0.1) is 0 Å². The number of methoxy groups -OCH3 is 2. The van der Waals surface area contributed by atoms with E-state index < -0.39 is 0 Å². The van der Waals surface area contributed by atoms with Gasteiger partial charge in [-0.25, -0.2) is 4.98 Å². The molecule has 2 heterocycles. The smallest absolute Gasteiger partial charge is 0.255 e. The Kier molecular flexibility index (Phi) is 5.22. The van der Waals surface area contributed by atoms with Crippen molar-refractivity contribution in [2.45, 2.75) is 19.5 Å². The van der Waals surface area contributed by atoms with Crippen LogP contribution in [0, 0.1) is 0 Å². The number of hydrogen-bond acceptors (Lipinski definition) is 6. The van der Waals surface area contributed by atoms with Gasteiger partial charge in [-0.1, -0.05) is 6.07 Å². The number of ether oxygens (including phenoxy) is 2. The third-order valence-electron chi connectivity index (χ3n) is 5.24. The lowest BCUT2D eigenvalue weighted by Gasteiger charge is -2.28. The summed E-state index contributed by atoms with van der Waals surface area (Å²) in [6.07, 6.45) is 0.707. The van der Waals surface area contributed by atoms with Gasteiger partial charge >= 0.3 is 0 Å². The van der Waals surface area contributed by atoms with E-state index in [4.69, 9.17) is 20.2 Å². The Hall–Kier alpha value is -3.32. The lowest BCUT2D eigenvalue weighted by atomic mass is 10.0. The first-order chi connectivity index (χ1) is 14.1. The quantitative estimate of drug-likeness (QED) is 0.649. The van der Waals surface area contributed by atoms with Gasteiger partial charge in [0.15, 0.2) is 0 Å². The van der Waals surface area contributed by atoms with Crippen LogP contribution in [0.3, 0.4) is 0 Å². The fraction of sp³-hybridized carbons (Fsp3) is 0.273. The molecule has 29 heavy (non-hydrogen) atoms. The number of nitrogens with zero attached hydrogens (tertiary/aromatic N) is 2. The number of aromatic nitrogens is 2. The van der Waals surface area contributed by atoms with E-state index in [2.05, 4.69) is 9.88 Å². The maximum atomic E-state index is 12.8. The summed E-state index contributed by atoms with van der Waals surface area (Å²) in [6, 6.07) is 13.1. The van der Waals surface area contributed by atoms with E-state index in [9.17, 15) is 4.79 Å². The molecule has 2 aromatic carbocycles. The summed E-state index contributed by atoms with van der Waals surface area (Å²) in [7, 11) is 3.30. The summed E-state index contributed by atoms with van der Waals surface area (Å²) in [4.78, 5) is 22.6. The molecular formula is C22H24N4O3. The number of anilines is 1. The van der Waals surface area contributed by atoms with Crippen molar-refractivity contribution in [1.82, 2.24) is 14.9 Å². The van der Waals surface area contributed by atoms with Gasteiger partial charge in [0, 0.05) is 37.3 Å². The summed E-state index contributed by atoms with van der Waals surface area (Å²) in [5.74, 6) is 2.13. The van der Waals surface area contributed by atoms with Crippen LogP contribution in [0.1, 0.15) is 16.8 Å². The second kappa shape index (κ2) is 7.97. The van der Waals surface area contributed by atoms with Gasteiger partial charge in [-0.05, 0) is 36.4 Å². The Morgan fingerprint density at radius 2 is 1.79 bits per heavy atom. The van der Waals surface area contributed by atoms with Crippen molar-refractivity contribution < 1.29 is 9.47 Å². The van der Waals surface area contributed by atoms with Crippen molar-refractivity contribution in [3.8, 4) is 22.9 Å². The van der Waals surface area contributed by atoms with Gasteiger partial charge in [0.1, 0.15) is 17.3 Å². The van der Waals surface area contributed by atoms with Gasteiger partial charge in [-0.2, -0.15) is 0 Å². The number of H-pyrrole nitrogens is 1. The van der Waals surface area contributed by atoms with E-state index in [1.807, 2.05) is 30.3 Å². The molecule has 4 rings (SSSR count). The van der Waals surface area contributed by atoms with Crippen LogP contribution >= 0.6 is 0 Å². The number of fused-ring (bicyclic) bond motifs is 1. The van der Waals surface area contributed by atoms with Gasteiger partial charge in [0.25, 0.3) is 5.56 Å². The standard InChI is InChI=1S/C22H24N4O3/c1-28-19-4-3-5-20(29-2)17(19)13-26-11-10-18-16(12-26)22(27)25-21(24-18)14-6-8-15(23)9-7-14/h3-9H,10-13,23H2,1-2H3,(H,24,25,27). The van der Waals surface area contributed by atoms with E-state index in [1.165, 1.54) is 0 Å². The van der Waals surface area contributed by atoms with E-state index in [0.717, 1.165) is 34.9 Å². The molecule has 1 aliphatic rings. The van der Waals surface area contributed by atoms with E-state index in [1.54, 1.807) is 26.4 Å². The van der Waals surface area contributed by atoms with Crippen molar-refractivity contribution in [1.29, 1.82) is 0 Å². The molecule has 0 fully saturated rings. The second-order valence-corrected chi connectivity index (χ2v) is 7.06. The molecule has 3 aromatic rings. The van der Waals surface area contributed by atoms with Gasteiger partial charge in [0.2, 0.25) is 0 Å². The Labute approximate surface area is 169 Å². The molecule has 7 heteroatoms. The van der Waals surface area contributed by atoms with Crippen LogP contribution in [0.15, 0.2) is 47.3 Å². The van der Waals surface area contributed by atoms with Crippen LogP contribution < -0.4 is 20.8 Å². The highest BCUT2D eigenvalue weighted by molar-refractivity contribution is 5.58. The SMILES string of the molecule is COc1cccc(OC)c1CN1CCc2nc(-c3ccc(N)cc3)[nH]c(=O)c2C1. The molecule has 3 N–H and O–H groups in total. The molecule has 0 unspecified atom stereocenters. The van der Waals surface area contributed by atoms with Crippen LogP contribution in [-0.2, 0) is 19.5 Å². The normalized spacial score (nSPS) is 13.7. The fourth-order valence-corrected chi connectivity index (χ4v) is 3.70. The highest BCUT2D eigenvalue weighted by atomic mass is 16.5. The summed E-state index contributed by atoms with van der Waals surface area (Å²) < 4.78 is 11.0. The minimum atomic E-state index is -0.0986. The average Bonchev–Trinajstić information content (AvgIpc) is 2.74. The van der Waals surface area contributed by atoms with Gasteiger partial charge in [0.05, 0.1) is 31.0 Å². The Balaban J connectivity index is 1.60. The maximum Gasteiger partial charge on any atom is 0.255 e. The van der Waals surface area contributed by atoms with E-state index in [-0.39, 0.29) is 5.56 Å². The predicted molar refractivity (Wildman–Crippen MR) is 112 cm³/mol. The minimum absolute atomic E-state index is 0.0986. The van der Waals surface area contributed by atoms with Crippen LogP contribution in [0.25, 0.3) is 11.4 Å². The Morgan fingerprint density at radius 1 is 1.10 bits per heavy atom. The first kappa shape index (κ1) is 19.0. The Morgan fingerprint density at radius 3 is 2.45 bits per heavy atom. The number of rotatable bonds is 5. The van der Waals surface area contributed by atoms with Crippen molar-refractivity contribution in [2.24, 2.45) is 0 Å². The number of aromatic amines is 1. The maximum absolute atomic E-state index is 12.8. The van der Waals surface area contributed by atoms with Crippen LogP contribution in [0.4, 0.5) is 5.69 Å². The van der Waals surface area contributed by atoms with Gasteiger partial charge < -0.3 is 20.2 Å². The monoisotopic (exact) mass is 392 g/mol. The van der Waals surface area contributed by atoms with Crippen LogP contribution in [0.2, 0.25) is 0 Å². The molecule has 0 radical (unpaired) electrons. The number of benzene rings is 2. The topological polar surface area (TPSA) is 93.5 Å². The van der Waals surface area contributed by atoms with Crippen molar-refractivity contribution in [3.05, 3.63) is 69.6 Å². The molecule has 7 nitrogen and oxygen atoms in total. The second-order valence-electron chi connectivity index (χ2n) is 7.06. The summed E-state index contributed by atoms with van der Waals surface area (Å²) in [5.41, 5.74) is 9.71. The summed E-state index contributed by atoms with van der Waals surface area (Å²) >= 11 is 0. The highest BCUT2D eigenvalue weighted by Crippen LogP contribution is 2.31. The molecule has 150 valence electrons. The van der Waals surface area contributed by atoms with E-state index in [0.29, 0.717) is 36.6 Å². The minimum Gasteiger partial charge on any atom is -0.496 e. The highest BCUT2D eigenvalue weighted by Gasteiger charge is 2.23. The van der Waals surface area contributed by atoms with Gasteiger partial charge in [-0.3, -0.25) is 9.69 Å². The third kappa shape index (κ3) is 3.82. The summed E-state index contributed by atoms with van der Waals surface area (Å²) in [5, 5.41) is 0. The number of nitrogen functional groups attached to an aromatic ring is 1. The zero-order valence-corrected chi connectivity index (χ0v) is 16.6. The average molecular weight is 392 g/mol. The first-order valence-corrected chi connectivity index (χ1v) is 9.49. The lowest BCUT2D eigenvalue weighted by Crippen LogP contribution is -2.35. The molecule has 0 bridgehead atoms. The molecule has 0 spiro atoms. The molecule has 0 amide bonds. The molecule has 0 saturated carbocycles. The largest absolute Gasteiger partial charge is 0.496 e. The number of nitrogens with two attached hydrogens (primary N) is 1. The number of hydrogen-bond donors (Lipinski definition) is 2. The first-order valence-electron chi connectivity index (χ1n) is 9.49. The predicted octanol–water partition coefficient (Wildman–Crippen LogP) is 2.59. The zero-order valence-electron chi connectivity index (χ0n) is 16.6. The van der Waals surface area contributed by atoms with Crippen molar-refractivity contribution in [2.75, 3.05) is 26.5 Å². The molecule has 0 atom stereocenters. The van der Waals surface area contributed by atoms with Crippen LogP contribution in [0.5, 0.6) is 11.5 Å². The number of nitrogens with one attached hydrogen (secondary N) is 1. The van der Waals surface area contributed by atoms with Crippen molar-refractivity contribution >= 4 is 5.69 Å². The Bertz CT molecular complexity index is 1050. The van der Waals surface area contributed by atoms with E-state index >= 15 is 0 Å². The molecule has 0 aliphatic carbocycles. The van der Waals surface area contributed by atoms with Crippen molar-refractivity contribution in [3.63, 3.8) is 0 Å².